The molecule has 0 radical (unpaired) electrons. The molecule has 0 spiro atoms. The summed E-state index contributed by atoms with van der Waals surface area (Å²) < 4.78 is 35.6. The molecule has 0 atom stereocenters. The monoisotopic (exact) mass is 326 g/mol. The van der Waals surface area contributed by atoms with Crippen molar-refractivity contribution in [3.05, 3.63) is 47.1 Å². The number of nitrogens with zero attached hydrogens (tertiary/aromatic N) is 2. The molecular weight excluding hydrogens is 312 g/mol. The summed E-state index contributed by atoms with van der Waals surface area (Å²) in [5.41, 5.74) is -0.974. The number of carbonyl (C=O) groups excluding carboxylic acids is 1. The minimum Gasteiger partial charge on any atom is -0.497 e. The molecule has 2 aromatic rings. The Morgan fingerprint density at radius 1 is 1.14 bits per heavy atom. The van der Waals surface area contributed by atoms with Crippen molar-refractivity contribution in [2.24, 2.45) is 0 Å². The molecule has 2 rings (SSSR count). The fourth-order valence-corrected chi connectivity index (χ4v) is 3.00. The van der Waals surface area contributed by atoms with Gasteiger partial charge in [0.15, 0.2) is 0 Å². The number of carbonyl (C=O) groups is 1. The quantitative estimate of drug-likeness (QED) is 0.778. The fourth-order valence-electron chi connectivity index (χ4n) is 1.79. The van der Waals surface area contributed by atoms with Gasteiger partial charge < -0.3 is 9.47 Å². The number of imidazole rings is 1. The first-order valence-electron chi connectivity index (χ1n) is 6.13. The van der Waals surface area contributed by atoms with Crippen molar-refractivity contribution in [3.8, 4) is 5.75 Å². The van der Waals surface area contributed by atoms with Gasteiger partial charge in [0.1, 0.15) is 12.4 Å². The van der Waals surface area contributed by atoms with Gasteiger partial charge in [-0.25, -0.2) is 17.8 Å². The minimum absolute atomic E-state index is 0.0904. The molecule has 0 saturated carbocycles. The van der Waals surface area contributed by atoms with Crippen LogP contribution in [-0.2, 0) is 14.8 Å². The second-order valence-corrected chi connectivity index (χ2v) is 6.07. The highest BCUT2D eigenvalue weighted by Crippen LogP contribution is 2.17. The summed E-state index contributed by atoms with van der Waals surface area (Å²) in [4.78, 5) is 23.6. The second-order valence-electron chi connectivity index (χ2n) is 4.25. The SMILES string of the molecule is COCC(=O)n1ccn(S(=O)(=O)c2ccc(OC)cc2)c1=O. The predicted molar refractivity (Wildman–Crippen MR) is 76.8 cm³/mol. The normalized spacial score (nSPS) is 11.4. The van der Waals surface area contributed by atoms with Gasteiger partial charge in [0.2, 0.25) is 0 Å². The molecule has 0 bridgehead atoms. The summed E-state index contributed by atoms with van der Waals surface area (Å²) in [6.45, 7) is -0.327. The molecule has 0 unspecified atom stereocenters. The van der Waals surface area contributed by atoms with E-state index in [1.165, 1.54) is 38.5 Å². The van der Waals surface area contributed by atoms with Gasteiger partial charge in [-0.1, -0.05) is 0 Å². The summed E-state index contributed by atoms with van der Waals surface area (Å²) in [5.74, 6) is -0.171. The van der Waals surface area contributed by atoms with E-state index in [9.17, 15) is 18.0 Å². The Labute approximate surface area is 126 Å². The lowest BCUT2D eigenvalue weighted by atomic mass is 10.3. The molecule has 0 aliphatic carbocycles. The lowest BCUT2D eigenvalue weighted by molar-refractivity contribution is 0.0757. The van der Waals surface area contributed by atoms with E-state index in [2.05, 4.69) is 4.74 Å². The smallest absolute Gasteiger partial charge is 0.349 e. The Morgan fingerprint density at radius 3 is 2.32 bits per heavy atom. The number of ether oxygens (including phenoxy) is 2. The lowest BCUT2D eigenvalue weighted by Gasteiger charge is -2.05. The summed E-state index contributed by atoms with van der Waals surface area (Å²) in [5, 5.41) is 0. The topological polar surface area (TPSA) is 96.6 Å². The average molecular weight is 326 g/mol. The largest absolute Gasteiger partial charge is 0.497 e. The Kier molecular flexibility index (Phi) is 4.48. The molecule has 1 aromatic carbocycles. The van der Waals surface area contributed by atoms with E-state index in [0.29, 0.717) is 14.3 Å². The van der Waals surface area contributed by atoms with Crippen LogP contribution in [-0.4, -0.2) is 43.7 Å². The molecule has 1 aromatic heterocycles. The Bertz CT molecular complexity index is 832. The van der Waals surface area contributed by atoms with E-state index in [-0.39, 0.29) is 11.5 Å². The van der Waals surface area contributed by atoms with Crippen LogP contribution in [0.2, 0.25) is 0 Å². The zero-order valence-electron chi connectivity index (χ0n) is 11.9. The molecule has 1 heterocycles. The van der Waals surface area contributed by atoms with E-state index in [0.717, 1.165) is 12.4 Å². The molecule has 0 aliphatic rings. The van der Waals surface area contributed by atoms with Gasteiger partial charge in [-0.2, -0.15) is 3.97 Å². The van der Waals surface area contributed by atoms with E-state index >= 15 is 0 Å². The molecule has 0 fully saturated rings. The average Bonchev–Trinajstić information content (AvgIpc) is 2.90. The van der Waals surface area contributed by atoms with Gasteiger partial charge in [0.05, 0.1) is 12.0 Å². The summed E-state index contributed by atoms with van der Waals surface area (Å²) in [6, 6.07) is 5.56. The van der Waals surface area contributed by atoms with Gasteiger partial charge in [-0.15, -0.1) is 0 Å². The highest BCUT2D eigenvalue weighted by Gasteiger charge is 2.22. The molecular formula is C13H14N2O6S. The highest BCUT2D eigenvalue weighted by atomic mass is 32.2. The number of methoxy groups -OCH3 is 2. The highest BCUT2D eigenvalue weighted by molar-refractivity contribution is 7.90. The number of aromatic nitrogens is 2. The van der Waals surface area contributed by atoms with Crippen molar-refractivity contribution in [3.63, 3.8) is 0 Å². The van der Waals surface area contributed by atoms with Gasteiger partial charge in [0, 0.05) is 19.5 Å². The van der Waals surface area contributed by atoms with Crippen molar-refractivity contribution in [1.82, 2.24) is 8.54 Å². The molecule has 0 N–H and O–H groups in total. The summed E-state index contributed by atoms with van der Waals surface area (Å²) in [7, 11) is -1.33. The van der Waals surface area contributed by atoms with Crippen molar-refractivity contribution in [2.45, 2.75) is 4.90 Å². The fraction of sp³-hybridized carbons (Fsp3) is 0.231. The van der Waals surface area contributed by atoms with Crippen molar-refractivity contribution >= 4 is 15.9 Å². The third-order valence-corrected chi connectivity index (χ3v) is 4.56. The minimum atomic E-state index is -4.09. The number of hydrogen-bond donors (Lipinski definition) is 0. The Hall–Kier alpha value is -2.39. The standard InChI is InChI=1S/C13H14N2O6S/c1-20-9-12(16)14-7-8-15(13(14)17)22(18,19)11-5-3-10(21-2)4-6-11/h3-8H,9H2,1-2H3. The maximum atomic E-state index is 12.4. The number of rotatable bonds is 5. The van der Waals surface area contributed by atoms with Gasteiger partial charge in [-0.3, -0.25) is 4.79 Å². The van der Waals surface area contributed by atoms with E-state index < -0.39 is 21.6 Å². The van der Waals surface area contributed by atoms with Crippen LogP contribution in [0.5, 0.6) is 5.75 Å². The number of hydrogen-bond acceptors (Lipinski definition) is 6. The Morgan fingerprint density at radius 2 is 1.77 bits per heavy atom. The predicted octanol–water partition coefficient (Wildman–Crippen LogP) is 0.182. The van der Waals surface area contributed by atoms with E-state index in [1.54, 1.807) is 0 Å². The third kappa shape index (κ3) is 2.81. The molecule has 22 heavy (non-hydrogen) atoms. The van der Waals surface area contributed by atoms with Gasteiger partial charge in [-0.05, 0) is 24.3 Å². The first-order valence-corrected chi connectivity index (χ1v) is 7.57. The van der Waals surface area contributed by atoms with Gasteiger partial charge >= 0.3 is 5.69 Å². The lowest BCUT2D eigenvalue weighted by Crippen LogP contribution is -2.33. The summed E-state index contributed by atoms with van der Waals surface area (Å²) >= 11 is 0. The second kappa shape index (κ2) is 6.16. The van der Waals surface area contributed by atoms with Crippen LogP contribution in [0.15, 0.2) is 46.3 Å². The van der Waals surface area contributed by atoms with Crippen LogP contribution in [0, 0.1) is 0 Å². The first kappa shape index (κ1) is 16.0. The van der Waals surface area contributed by atoms with Crippen LogP contribution in [0.4, 0.5) is 0 Å². The van der Waals surface area contributed by atoms with Crippen molar-refractivity contribution in [2.75, 3.05) is 20.8 Å². The van der Waals surface area contributed by atoms with Crippen molar-refractivity contribution < 1.29 is 22.7 Å². The third-order valence-electron chi connectivity index (χ3n) is 2.90. The Balaban J connectivity index is 2.46. The molecule has 118 valence electrons. The summed E-state index contributed by atoms with van der Waals surface area (Å²) in [6.07, 6.45) is 2.11. The maximum Gasteiger partial charge on any atom is 0.349 e. The van der Waals surface area contributed by atoms with Crippen LogP contribution >= 0.6 is 0 Å². The number of benzene rings is 1. The molecule has 0 amide bonds. The maximum absolute atomic E-state index is 12.4. The first-order chi connectivity index (χ1) is 10.4. The molecule has 9 heteroatoms. The molecule has 0 saturated heterocycles. The van der Waals surface area contributed by atoms with Crippen LogP contribution in [0.1, 0.15) is 4.79 Å². The zero-order chi connectivity index (χ0) is 16.3. The van der Waals surface area contributed by atoms with E-state index in [4.69, 9.17) is 4.74 Å². The van der Waals surface area contributed by atoms with Crippen LogP contribution in [0.3, 0.4) is 0 Å². The van der Waals surface area contributed by atoms with E-state index in [1.807, 2.05) is 0 Å². The van der Waals surface area contributed by atoms with Crippen LogP contribution in [0.25, 0.3) is 0 Å². The molecule has 8 nitrogen and oxygen atoms in total. The van der Waals surface area contributed by atoms with Gasteiger partial charge in [0.25, 0.3) is 15.9 Å². The molecule has 0 aliphatic heterocycles. The van der Waals surface area contributed by atoms with Crippen LogP contribution < -0.4 is 10.4 Å². The van der Waals surface area contributed by atoms with Crippen molar-refractivity contribution in [1.29, 1.82) is 0 Å². The zero-order valence-corrected chi connectivity index (χ0v) is 12.7.